The van der Waals surface area contributed by atoms with Crippen molar-refractivity contribution in [3.05, 3.63) is 30.1 Å². The first-order chi connectivity index (χ1) is 12.8. The zero-order valence-electron chi connectivity index (χ0n) is 17.0. The van der Waals surface area contributed by atoms with Gasteiger partial charge in [0, 0.05) is 32.0 Å². The third-order valence-corrected chi connectivity index (χ3v) is 4.05. The second-order valence-electron chi connectivity index (χ2n) is 7.57. The number of nitrogens with one attached hydrogen (secondary N) is 2. The number of likely N-dealkylation sites (tertiary alicyclic amines) is 1. The summed E-state index contributed by atoms with van der Waals surface area (Å²) in [5.74, 6) is 0.735. The molecule has 0 aliphatic carbocycles. The van der Waals surface area contributed by atoms with Crippen molar-refractivity contribution in [1.29, 1.82) is 0 Å². The lowest BCUT2D eigenvalue weighted by Crippen LogP contribution is -2.44. The van der Waals surface area contributed by atoms with Gasteiger partial charge in [0.2, 0.25) is 0 Å². The van der Waals surface area contributed by atoms with E-state index in [2.05, 4.69) is 25.5 Å². The summed E-state index contributed by atoms with van der Waals surface area (Å²) in [6.45, 7) is 9.94. The van der Waals surface area contributed by atoms with E-state index < -0.39 is 17.8 Å². The number of carbonyl (C=O) groups excluding carboxylic acids is 1. The molecule has 28 heavy (non-hydrogen) atoms. The fourth-order valence-electron chi connectivity index (χ4n) is 2.83. The normalized spacial score (nSPS) is 18.2. The van der Waals surface area contributed by atoms with Crippen LogP contribution in [-0.4, -0.2) is 64.9 Å². The Morgan fingerprint density at radius 2 is 2.11 bits per heavy atom. The number of amides is 1. The second-order valence-corrected chi connectivity index (χ2v) is 7.57. The largest absolute Gasteiger partial charge is 0.444 e. The van der Waals surface area contributed by atoms with Crippen molar-refractivity contribution in [1.82, 2.24) is 20.5 Å². The van der Waals surface area contributed by atoms with Gasteiger partial charge in [-0.25, -0.2) is 4.79 Å². The van der Waals surface area contributed by atoms with E-state index in [0.717, 1.165) is 31.0 Å². The first kappa shape index (κ1) is 24.4. The van der Waals surface area contributed by atoms with Crippen LogP contribution in [-0.2, 0) is 4.74 Å². The lowest BCUT2D eigenvalue weighted by Gasteiger charge is -2.23. The van der Waals surface area contributed by atoms with Crippen LogP contribution >= 0.6 is 24.0 Å². The van der Waals surface area contributed by atoms with Gasteiger partial charge >= 0.3 is 6.09 Å². The minimum absolute atomic E-state index is 0. The van der Waals surface area contributed by atoms with Crippen molar-refractivity contribution in [2.24, 2.45) is 4.99 Å². The Labute approximate surface area is 184 Å². The monoisotopic (exact) mass is 505 g/mol. The summed E-state index contributed by atoms with van der Waals surface area (Å²) in [6.07, 6.45) is 3.04. The van der Waals surface area contributed by atoms with E-state index in [0.29, 0.717) is 6.54 Å². The second kappa shape index (κ2) is 11.4. The van der Waals surface area contributed by atoms with E-state index in [1.165, 1.54) is 0 Å². The topological polar surface area (TPSA) is 99.1 Å². The SMILES string of the molecule is CCNC(=NCC(O)c1ccncc1)N1CCC(NC(=O)OC(C)(C)C)C1.I. The van der Waals surface area contributed by atoms with E-state index in [1.807, 2.05) is 27.7 Å². The molecule has 1 fully saturated rings. The zero-order valence-corrected chi connectivity index (χ0v) is 19.3. The number of rotatable bonds is 5. The molecule has 0 radical (unpaired) electrons. The molecule has 0 saturated carbocycles. The van der Waals surface area contributed by atoms with Crippen molar-refractivity contribution < 1.29 is 14.6 Å². The zero-order chi connectivity index (χ0) is 19.9. The number of halogens is 1. The van der Waals surface area contributed by atoms with E-state index in [-0.39, 0.29) is 36.6 Å². The summed E-state index contributed by atoms with van der Waals surface area (Å²) in [5, 5.41) is 16.5. The summed E-state index contributed by atoms with van der Waals surface area (Å²) in [7, 11) is 0. The molecule has 1 aromatic heterocycles. The molecule has 158 valence electrons. The molecule has 1 aromatic rings. The Balaban J connectivity index is 0.00000392. The predicted octanol–water partition coefficient (Wildman–Crippen LogP) is 2.30. The average Bonchev–Trinajstić information content (AvgIpc) is 3.05. The van der Waals surface area contributed by atoms with Gasteiger partial charge in [0.25, 0.3) is 0 Å². The molecule has 1 aliphatic rings. The van der Waals surface area contributed by atoms with Crippen molar-refractivity contribution >= 4 is 36.0 Å². The van der Waals surface area contributed by atoms with Crippen molar-refractivity contribution in [2.45, 2.75) is 51.9 Å². The summed E-state index contributed by atoms with van der Waals surface area (Å²) in [5.41, 5.74) is 0.275. The molecular formula is C19H32IN5O3. The molecule has 2 atom stereocenters. The number of nitrogens with zero attached hydrogens (tertiary/aromatic N) is 3. The molecule has 1 saturated heterocycles. The molecule has 2 unspecified atom stereocenters. The number of carbonyl (C=O) groups is 1. The van der Waals surface area contributed by atoms with Gasteiger partial charge in [0.05, 0.1) is 18.7 Å². The van der Waals surface area contributed by atoms with E-state index in [4.69, 9.17) is 4.74 Å². The van der Waals surface area contributed by atoms with Crippen molar-refractivity contribution in [3.8, 4) is 0 Å². The van der Waals surface area contributed by atoms with Crippen LogP contribution in [0.25, 0.3) is 0 Å². The van der Waals surface area contributed by atoms with Crippen LogP contribution in [0.4, 0.5) is 4.79 Å². The highest BCUT2D eigenvalue weighted by Gasteiger charge is 2.28. The number of aliphatic imine (C=N–C) groups is 1. The van der Waals surface area contributed by atoms with Crippen LogP contribution < -0.4 is 10.6 Å². The highest BCUT2D eigenvalue weighted by atomic mass is 127. The predicted molar refractivity (Wildman–Crippen MR) is 120 cm³/mol. The molecule has 3 N–H and O–H groups in total. The highest BCUT2D eigenvalue weighted by Crippen LogP contribution is 2.14. The minimum atomic E-state index is -0.681. The van der Waals surface area contributed by atoms with Crippen LogP contribution in [0.2, 0.25) is 0 Å². The van der Waals surface area contributed by atoms with Gasteiger partial charge in [-0.3, -0.25) is 9.98 Å². The Bertz CT molecular complexity index is 636. The third-order valence-electron chi connectivity index (χ3n) is 4.05. The summed E-state index contributed by atoms with van der Waals surface area (Å²) in [6, 6.07) is 3.57. The number of alkyl carbamates (subject to hydrolysis) is 1. The molecule has 2 heterocycles. The molecule has 1 amide bonds. The number of pyridine rings is 1. The van der Waals surface area contributed by atoms with Gasteiger partial charge in [0.1, 0.15) is 5.60 Å². The third kappa shape index (κ3) is 8.17. The molecule has 9 heteroatoms. The summed E-state index contributed by atoms with van der Waals surface area (Å²) < 4.78 is 5.32. The highest BCUT2D eigenvalue weighted by molar-refractivity contribution is 14.0. The first-order valence-corrected chi connectivity index (χ1v) is 9.39. The Kier molecular flexibility index (Phi) is 9.94. The van der Waals surface area contributed by atoms with Crippen molar-refractivity contribution in [2.75, 3.05) is 26.2 Å². The van der Waals surface area contributed by atoms with E-state index in [9.17, 15) is 9.90 Å². The standard InChI is InChI=1S/C19H31N5O3.HI/c1-5-21-17(22-12-16(25)14-6-9-20-10-7-14)24-11-8-15(13-24)23-18(26)27-19(2,3)4;/h6-7,9-10,15-16,25H,5,8,11-13H2,1-4H3,(H,21,22)(H,23,26);1H. The summed E-state index contributed by atoms with van der Waals surface area (Å²) >= 11 is 0. The molecule has 0 aromatic carbocycles. The molecule has 0 bridgehead atoms. The van der Waals surface area contributed by atoms with Gasteiger partial charge in [-0.05, 0) is 51.8 Å². The number of ether oxygens (including phenoxy) is 1. The smallest absolute Gasteiger partial charge is 0.407 e. The lowest BCUT2D eigenvalue weighted by atomic mass is 10.1. The molecule has 2 rings (SSSR count). The maximum Gasteiger partial charge on any atom is 0.407 e. The quantitative estimate of drug-likeness (QED) is 0.323. The first-order valence-electron chi connectivity index (χ1n) is 9.39. The Morgan fingerprint density at radius 3 is 2.71 bits per heavy atom. The number of aliphatic hydroxyl groups is 1. The van der Waals surface area contributed by atoms with Gasteiger partial charge in [-0.2, -0.15) is 0 Å². The maximum atomic E-state index is 12.0. The molecule has 1 aliphatic heterocycles. The Morgan fingerprint density at radius 1 is 1.43 bits per heavy atom. The van der Waals surface area contributed by atoms with Crippen LogP contribution in [0.15, 0.2) is 29.5 Å². The van der Waals surface area contributed by atoms with Crippen LogP contribution in [0.5, 0.6) is 0 Å². The van der Waals surface area contributed by atoms with E-state index >= 15 is 0 Å². The minimum Gasteiger partial charge on any atom is -0.444 e. The van der Waals surface area contributed by atoms with Gasteiger partial charge in [-0.15, -0.1) is 24.0 Å². The van der Waals surface area contributed by atoms with Crippen LogP contribution in [0.1, 0.15) is 45.8 Å². The number of hydrogen-bond donors (Lipinski definition) is 3. The van der Waals surface area contributed by atoms with E-state index in [1.54, 1.807) is 24.5 Å². The molecular weight excluding hydrogens is 473 g/mol. The number of aliphatic hydroxyl groups excluding tert-OH is 1. The fourth-order valence-corrected chi connectivity index (χ4v) is 2.83. The lowest BCUT2D eigenvalue weighted by molar-refractivity contribution is 0.0507. The average molecular weight is 505 g/mol. The Hall–Kier alpha value is -1.62. The molecule has 8 nitrogen and oxygen atoms in total. The van der Waals surface area contributed by atoms with Crippen LogP contribution in [0.3, 0.4) is 0 Å². The summed E-state index contributed by atoms with van der Waals surface area (Å²) in [4.78, 5) is 22.6. The number of guanidine groups is 1. The molecule has 0 spiro atoms. The van der Waals surface area contributed by atoms with Gasteiger partial charge in [-0.1, -0.05) is 0 Å². The number of hydrogen-bond acceptors (Lipinski definition) is 5. The number of aromatic nitrogens is 1. The fraction of sp³-hybridized carbons (Fsp3) is 0.632. The van der Waals surface area contributed by atoms with Gasteiger partial charge < -0.3 is 25.4 Å². The van der Waals surface area contributed by atoms with Gasteiger partial charge in [0.15, 0.2) is 5.96 Å². The van der Waals surface area contributed by atoms with Crippen molar-refractivity contribution in [3.63, 3.8) is 0 Å². The van der Waals surface area contributed by atoms with Crippen LogP contribution in [0, 0.1) is 0 Å². The maximum absolute atomic E-state index is 12.0.